The highest BCUT2D eigenvalue weighted by molar-refractivity contribution is 6.06. The maximum atomic E-state index is 14.0. The number of hydrogen-bond donors (Lipinski definition) is 0. The van der Waals surface area contributed by atoms with Crippen LogP contribution in [0.25, 0.3) is 10.8 Å². The third-order valence-corrected chi connectivity index (χ3v) is 12.9. The average molecular weight is 619 g/mol. The van der Waals surface area contributed by atoms with Crippen LogP contribution in [0.4, 0.5) is 0 Å². The Kier molecular flexibility index (Phi) is 8.19. The Balaban J connectivity index is 1.47. The van der Waals surface area contributed by atoms with Gasteiger partial charge in [-0.3, -0.25) is 0 Å². The number of fused-ring (bicyclic) bond motifs is 3. The summed E-state index contributed by atoms with van der Waals surface area (Å²) in [6.45, 7) is 0. The lowest BCUT2D eigenvalue weighted by Gasteiger charge is -2.36. The summed E-state index contributed by atoms with van der Waals surface area (Å²) >= 11 is 0. The minimum atomic E-state index is -0.365. The van der Waals surface area contributed by atoms with Crippen LogP contribution in [0.5, 0.6) is 0 Å². The molecular formula is C42H50O4. The van der Waals surface area contributed by atoms with Crippen LogP contribution in [-0.2, 0) is 22.3 Å². The first-order valence-electron chi connectivity index (χ1n) is 18.5. The Morgan fingerprint density at radius 3 is 1.07 bits per heavy atom. The fraction of sp³-hybridized carbons (Fsp3) is 0.571. The van der Waals surface area contributed by atoms with Gasteiger partial charge < -0.3 is 9.47 Å². The maximum Gasteiger partial charge on any atom is 0.339 e. The number of rotatable bonds is 6. The van der Waals surface area contributed by atoms with E-state index in [0.717, 1.165) is 49.7 Å². The van der Waals surface area contributed by atoms with Gasteiger partial charge in [-0.05, 0) is 143 Å². The van der Waals surface area contributed by atoms with Gasteiger partial charge in [0.1, 0.15) is 0 Å². The number of esters is 2. The summed E-state index contributed by atoms with van der Waals surface area (Å²) in [7, 11) is 2.95. The van der Waals surface area contributed by atoms with Crippen LogP contribution < -0.4 is 0 Å². The molecule has 8 rings (SSSR count). The molecule has 4 nitrogen and oxygen atoms in total. The molecule has 0 unspecified atom stereocenters. The van der Waals surface area contributed by atoms with Crippen LogP contribution in [0.2, 0.25) is 0 Å². The summed E-state index contributed by atoms with van der Waals surface area (Å²) in [6.07, 6.45) is 21.0. The number of ether oxygens (including phenoxy) is 2. The van der Waals surface area contributed by atoms with E-state index in [1.165, 1.54) is 113 Å². The minimum Gasteiger partial charge on any atom is -0.465 e. The number of carbonyl (C=O) groups is 2. The Morgan fingerprint density at radius 1 is 0.478 bits per heavy atom. The summed E-state index contributed by atoms with van der Waals surface area (Å²) < 4.78 is 11.1. The predicted octanol–water partition coefficient (Wildman–Crippen LogP) is 10.5. The lowest BCUT2D eigenvalue weighted by atomic mass is 9.67. The number of methoxy groups -OCH3 is 2. The standard InChI is InChI=1S/C42H50O4/c1-45-41(43)39-37(27-17-7-8-18-27)33-23-31-32(24-34(33)38(28-19-9-10-20-28)40(39)42(44)46-2)36(26-15-5-6-16-26)30-22-12-11-21-29(30)35(31)25-13-3-4-14-25/h11-12,21-22,25-28H,3-10,13-20,23-24H2,1-2H3. The quantitative estimate of drug-likeness (QED) is 0.202. The van der Waals surface area contributed by atoms with Gasteiger partial charge in [0.15, 0.2) is 0 Å². The van der Waals surface area contributed by atoms with Crippen molar-refractivity contribution in [3.05, 3.63) is 79.9 Å². The van der Waals surface area contributed by atoms with Gasteiger partial charge in [-0.25, -0.2) is 9.59 Å². The van der Waals surface area contributed by atoms with Crippen molar-refractivity contribution in [1.29, 1.82) is 0 Å². The van der Waals surface area contributed by atoms with Gasteiger partial charge >= 0.3 is 11.9 Å². The van der Waals surface area contributed by atoms with Crippen molar-refractivity contribution < 1.29 is 19.1 Å². The van der Waals surface area contributed by atoms with Crippen molar-refractivity contribution in [2.75, 3.05) is 14.2 Å². The van der Waals surface area contributed by atoms with E-state index in [2.05, 4.69) is 24.3 Å². The minimum absolute atomic E-state index is 0.273. The fourth-order valence-electron chi connectivity index (χ4n) is 11.0. The molecule has 0 bridgehead atoms. The van der Waals surface area contributed by atoms with Crippen molar-refractivity contribution in [2.24, 2.45) is 0 Å². The molecule has 3 aromatic rings. The normalized spacial score (nSPS) is 20.8. The zero-order valence-electron chi connectivity index (χ0n) is 28.0. The molecule has 4 heteroatoms. The van der Waals surface area contributed by atoms with E-state index in [1.54, 1.807) is 22.3 Å². The highest BCUT2D eigenvalue weighted by Gasteiger charge is 2.41. The fourth-order valence-corrected chi connectivity index (χ4v) is 11.0. The zero-order valence-corrected chi connectivity index (χ0v) is 28.0. The van der Waals surface area contributed by atoms with E-state index < -0.39 is 0 Å². The van der Waals surface area contributed by atoms with Gasteiger partial charge in [-0.1, -0.05) is 75.6 Å². The second kappa shape index (κ2) is 12.5. The molecule has 4 saturated carbocycles. The molecular weight excluding hydrogens is 568 g/mol. The highest BCUT2D eigenvalue weighted by Crippen LogP contribution is 2.54. The van der Waals surface area contributed by atoms with Crippen LogP contribution in [0, 0.1) is 0 Å². The molecule has 0 aliphatic heterocycles. The third kappa shape index (κ3) is 4.84. The van der Waals surface area contributed by atoms with Gasteiger partial charge in [-0.2, -0.15) is 0 Å². The Bertz CT molecular complexity index is 1550. The zero-order chi connectivity index (χ0) is 31.4. The van der Waals surface area contributed by atoms with Crippen molar-refractivity contribution in [1.82, 2.24) is 0 Å². The first kappa shape index (κ1) is 30.2. The molecule has 5 aliphatic rings. The molecule has 46 heavy (non-hydrogen) atoms. The lowest BCUT2D eigenvalue weighted by molar-refractivity contribution is 0.0552. The van der Waals surface area contributed by atoms with Crippen LogP contribution >= 0.6 is 0 Å². The van der Waals surface area contributed by atoms with Gasteiger partial charge in [0, 0.05) is 0 Å². The number of carbonyl (C=O) groups excluding carboxylic acids is 2. The molecule has 0 saturated heterocycles. The monoisotopic (exact) mass is 618 g/mol. The largest absolute Gasteiger partial charge is 0.465 e. The van der Waals surface area contributed by atoms with Crippen LogP contribution in [0.1, 0.15) is 192 Å². The molecule has 0 N–H and O–H groups in total. The van der Waals surface area contributed by atoms with Crippen molar-refractivity contribution in [3.63, 3.8) is 0 Å². The third-order valence-electron chi connectivity index (χ3n) is 12.9. The first-order valence-corrected chi connectivity index (χ1v) is 18.5. The Labute approximate surface area is 274 Å². The molecule has 0 atom stereocenters. The average Bonchev–Trinajstić information content (AvgIpc) is 3.93. The molecule has 0 amide bonds. The lowest BCUT2D eigenvalue weighted by Crippen LogP contribution is -2.27. The van der Waals surface area contributed by atoms with Gasteiger partial charge in [0.05, 0.1) is 25.3 Å². The van der Waals surface area contributed by atoms with Crippen LogP contribution in [-0.4, -0.2) is 26.2 Å². The van der Waals surface area contributed by atoms with Gasteiger partial charge in [-0.15, -0.1) is 0 Å². The van der Waals surface area contributed by atoms with Crippen molar-refractivity contribution in [2.45, 2.75) is 139 Å². The summed E-state index contributed by atoms with van der Waals surface area (Å²) in [5, 5.41) is 2.97. The topological polar surface area (TPSA) is 52.6 Å². The van der Waals surface area contributed by atoms with E-state index in [-0.39, 0.29) is 23.8 Å². The van der Waals surface area contributed by atoms with Gasteiger partial charge in [0.25, 0.3) is 0 Å². The maximum absolute atomic E-state index is 14.0. The molecule has 0 radical (unpaired) electrons. The smallest absolute Gasteiger partial charge is 0.339 e. The van der Waals surface area contributed by atoms with E-state index in [4.69, 9.17) is 9.47 Å². The van der Waals surface area contributed by atoms with Gasteiger partial charge in [0.2, 0.25) is 0 Å². The van der Waals surface area contributed by atoms with E-state index in [0.29, 0.717) is 23.0 Å². The summed E-state index contributed by atoms with van der Waals surface area (Å²) in [5.41, 5.74) is 12.4. The summed E-state index contributed by atoms with van der Waals surface area (Å²) in [5.74, 6) is 1.01. The molecule has 0 heterocycles. The van der Waals surface area contributed by atoms with E-state index >= 15 is 0 Å². The second-order valence-corrected chi connectivity index (χ2v) is 15.1. The summed E-state index contributed by atoms with van der Waals surface area (Å²) in [6, 6.07) is 9.34. The molecule has 0 aromatic heterocycles. The van der Waals surface area contributed by atoms with Crippen LogP contribution in [0.3, 0.4) is 0 Å². The predicted molar refractivity (Wildman–Crippen MR) is 184 cm³/mol. The Morgan fingerprint density at radius 2 is 0.761 bits per heavy atom. The highest BCUT2D eigenvalue weighted by atomic mass is 16.5. The molecule has 0 spiro atoms. The van der Waals surface area contributed by atoms with E-state index in [9.17, 15) is 9.59 Å². The Hall–Kier alpha value is -3.14. The summed E-state index contributed by atoms with van der Waals surface area (Å²) in [4.78, 5) is 28.0. The number of hydrogen-bond acceptors (Lipinski definition) is 4. The van der Waals surface area contributed by atoms with E-state index in [1.807, 2.05) is 0 Å². The molecule has 4 fully saturated rings. The van der Waals surface area contributed by atoms with Crippen molar-refractivity contribution >= 4 is 22.7 Å². The molecule has 5 aliphatic carbocycles. The molecule has 3 aromatic carbocycles. The first-order chi connectivity index (χ1) is 22.6. The van der Waals surface area contributed by atoms with Crippen LogP contribution in [0.15, 0.2) is 24.3 Å². The van der Waals surface area contributed by atoms with Crippen molar-refractivity contribution in [3.8, 4) is 0 Å². The molecule has 242 valence electrons. The number of benzene rings is 3. The second-order valence-electron chi connectivity index (χ2n) is 15.1. The SMILES string of the molecule is COC(=O)c1c(C(=O)OC)c(C2CCCC2)c2c(c1C1CCCC1)Cc1c(c(C3CCCC3)c3ccccc3c1C1CCCC1)C2.